The van der Waals surface area contributed by atoms with Crippen LogP contribution >= 0.6 is 23.4 Å². The lowest BCUT2D eigenvalue weighted by Gasteiger charge is -2.40. The summed E-state index contributed by atoms with van der Waals surface area (Å²) in [4.78, 5) is 26.1. The molecule has 8 heteroatoms. The number of halogens is 1. The van der Waals surface area contributed by atoms with Gasteiger partial charge in [-0.1, -0.05) is 110 Å². The van der Waals surface area contributed by atoms with Crippen LogP contribution in [-0.2, 0) is 4.79 Å². The van der Waals surface area contributed by atoms with Crippen LogP contribution in [0.15, 0.2) is 71.9 Å². The fraction of sp³-hybridized carbons (Fsp3) is 0.414. The third kappa shape index (κ3) is 8.19. The third-order valence-electron chi connectivity index (χ3n) is 6.58. The maximum Gasteiger partial charge on any atom is 0.230 e. The first kappa shape index (κ1) is 27.4. The molecule has 2 aromatic carbocycles. The Morgan fingerprint density at radius 1 is 0.946 bits per heavy atom. The van der Waals surface area contributed by atoms with Crippen molar-refractivity contribution in [3.05, 3.63) is 83.0 Å². The highest BCUT2D eigenvalue weighted by Crippen LogP contribution is 2.30. The molecule has 1 N–H and O–H groups in total. The summed E-state index contributed by atoms with van der Waals surface area (Å²) in [5.74, 6) is 1.11. The number of unbranched alkanes of at least 4 members (excludes halogenated alkanes) is 3. The van der Waals surface area contributed by atoms with Crippen molar-refractivity contribution in [2.45, 2.75) is 43.8 Å². The zero-order valence-electron chi connectivity index (χ0n) is 21.5. The van der Waals surface area contributed by atoms with Crippen LogP contribution in [0.4, 0.5) is 5.82 Å². The van der Waals surface area contributed by atoms with Crippen molar-refractivity contribution in [1.29, 1.82) is 0 Å². The number of nitrogens with zero attached hydrogens (tertiary/aromatic N) is 4. The number of aromatic nitrogens is 2. The predicted molar refractivity (Wildman–Crippen MR) is 153 cm³/mol. The molecule has 6 nitrogen and oxygen atoms in total. The highest BCUT2D eigenvalue weighted by atomic mass is 35.5. The summed E-state index contributed by atoms with van der Waals surface area (Å²) in [5.41, 5.74) is 2.60. The van der Waals surface area contributed by atoms with E-state index in [4.69, 9.17) is 16.6 Å². The molecule has 2 heterocycles. The number of hydrogen-bond donors (Lipinski definition) is 1. The molecule has 196 valence electrons. The summed E-state index contributed by atoms with van der Waals surface area (Å²) in [5, 5.41) is 3.93. The van der Waals surface area contributed by atoms with Crippen LogP contribution in [0.3, 0.4) is 0 Å². The number of nitrogens with one attached hydrogen (secondary N) is 1. The molecule has 0 unspecified atom stereocenters. The van der Waals surface area contributed by atoms with Crippen LogP contribution in [0.5, 0.6) is 0 Å². The number of rotatable bonds is 12. The highest BCUT2D eigenvalue weighted by molar-refractivity contribution is 7.99. The Morgan fingerprint density at radius 2 is 1.59 bits per heavy atom. The molecular formula is C29H36ClN5OS. The smallest absolute Gasteiger partial charge is 0.230 e. The lowest BCUT2D eigenvalue weighted by molar-refractivity contribution is -0.118. The van der Waals surface area contributed by atoms with Gasteiger partial charge in [0.05, 0.1) is 11.8 Å². The molecule has 1 aliphatic heterocycles. The minimum absolute atomic E-state index is 0.00750. The largest absolute Gasteiger partial charge is 0.355 e. The second-order valence-electron chi connectivity index (χ2n) is 9.28. The molecule has 0 aliphatic carbocycles. The summed E-state index contributed by atoms with van der Waals surface area (Å²) >= 11 is 7.69. The predicted octanol–water partition coefficient (Wildman–Crippen LogP) is 5.83. The lowest BCUT2D eigenvalue weighted by atomic mass is 9.96. The van der Waals surface area contributed by atoms with E-state index < -0.39 is 0 Å². The molecule has 1 saturated heterocycles. The third-order valence-corrected chi connectivity index (χ3v) is 7.62. The molecule has 4 rings (SSSR count). The first-order valence-electron chi connectivity index (χ1n) is 13.2. The van der Waals surface area contributed by atoms with Gasteiger partial charge in [-0.25, -0.2) is 9.97 Å². The number of anilines is 1. The minimum Gasteiger partial charge on any atom is -0.355 e. The van der Waals surface area contributed by atoms with Gasteiger partial charge in [-0.05, 0) is 17.5 Å². The van der Waals surface area contributed by atoms with E-state index in [1.54, 1.807) is 0 Å². The molecule has 1 amide bonds. The monoisotopic (exact) mass is 537 g/mol. The van der Waals surface area contributed by atoms with E-state index in [1.807, 2.05) is 6.07 Å². The van der Waals surface area contributed by atoms with E-state index >= 15 is 0 Å². The van der Waals surface area contributed by atoms with Crippen molar-refractivity contribution < 1.29 is 4.79 Å². The molecule has 3 aromatic rings. The molecule has 0 saturated carbocycles. The molecule has 1 fully saturated rings. The Kier molecular flexibility index (Phi) is 10.6. The molecule has 0 atom stereocenters. The van der Waals surface area contributed by atoms with Gasteiger partial charge >= 0.3 is 0 Å². The number of hydrogen-bond acceptors (Lipinski definition) is 6. The Balaban J connectivity index is 1.35. The van der Waals surface area contributed by atoms with Gasteiger partial charge in [0.1, 0.15) is 11.0 Å². The van der Waals surface area contributed by atoms with E-state index in [0.717, 1.165) is 51.4 Å². The van der Waals surface area contributed by atoms with Crippen molar-refractivity contribution in [1.82, 2.24) is 20.2 Å². The van der Waals surface area contributed by atoms with Gasteiger partial charge in [0.25, 0.3) is 0 Å². The number of amides is 1. The van der Waals surface area contributed by atoms with Crippen molar-refractivity contribution in [3.8, 4) is 0 Å². The van der Waals surface area contributed by atoms with Crippen molar-refractivity contribution in [3.63, 3.8) is 0 Å². The van der Waals surface area contributed by atoms with Crippen LogP contribution in [0.2, 0.25) is 5.15 Å². The number of carbonyl (C=O) groups excluding carboxylic acids is 1. The van der Waals surface area contributed by atoms with Crippen LogP contribution < -0.4 is 10.2 Å². The van der Waals surface area contributed by atoms with Gasteiger partial charge in [-0.2, -0.15) is 0 Å². The standard InChI is InChI=1S/C29H36ClN5OS/c1-2-3-4-11-16-31-27(36)22-37-29-32-25(30)21-26(33-29)34-17-19-35(20-18-34)28(23-12-7-5-8-13-23)24-14-9-6-10-15-24/h5-10,12-15,21,28H,2-4,11,16-20,22H2,1H3,(H,31,36). The van der Waals surface area contributed by atoms with E-state index in [-0.39, 0.29) is 17.7 Å². The van der Waals surface area contributed by atoms with Gasteiger partial charge in [-0.3, -0.25) is 9.69 Å². The van der Waals surface area contributed by atoms with Gasteiger partial charge in [0.15, 0.2) is 5.16 Å². The molecule has 1 aliphatic rings. The maximum atomic E-state index is 12.2. The van der Waals surface area contributed by atoms with E-state index in [1.165, 1.54) is 35.7 Å². The van der Waals surface area contributed by atoms with Gasteiger partial charge in [-0.15, -0.1) is 0 Å². The normalized spacial score (nSPS) is 14.2. The Bertz CT molecular complexity index is 1070. The SMILES string of the molecule is CCCCCCNC(=O)CSc1nc(Cl)cc(N2CCN(C(c3ccccc3)c3ccccc3)CC2)n1. The van der Waals surface area contributed by atoms with Gasteiger partial charge < -0.3 is 10.2 Å². The average Bonchev–Trinajstić information content (AvgIpc) is 2.93. The first-order chi connectivity index (χ1) is 18.1. The molecule has 0 spiro atoms. The summed E-state index contributed by atoms with van der Waals surface area (Å²) in [6.45, 7) is 6.38. The van der Waals surface area contributed by atoms with Crippen molar-refractivity contribution >= 4 is 35.1 Å². The van der Waals surface area contributed by atoms with Crippen molar-refractivity contribution in [2.24, 2.45) is 0 Å². The van der Waals surface area contributed by atoms with Crippen molar-refractivity contribution in [2.75, 3.05) is 43.4 Å². The van der Waals surface area contributed by atoms with E-state index in [2.05, 4.69) is 87.7 Å². The van der Waals surface area contributed by atoms with Crippen LogP contribution in [0, 0.1) is 0 Å². The molecule has 37 heavy (non-hydrogen) atoms. The molecule has 0 radical (unpaired) electrons. The second kappa shape index (κ2) is 14.4. The quantitative estimate of drug-likeness (QED) is 0.136. The van der Waals surface area contributed by atoms with Crippen LogP contribution in [0.1, 0.15) is 49.8 Å². The average molecular weight is 538 g/mol. The Hall–Kier alpha value is -2.61. The van der Waals surface area contributed by atoms with Crippen LogP contribution in [0.25, 0.3) is 0 Å². The fourth-order valence-corrected chi connectivity index (χ4v) is 5.58. The maximum absolute atomic E-state index is 12.2. The lowest BCUT2D eigenvalue weighted by Crippen LogP contribution is -2.48. The topological polar surface area (TPSA) is 61.4 Å². The second-order valence-corrected chi connectivity index (χ2v) is 10.6. The molecule has 1 aromatic heterocycles. The number of benzene rings is 2. The highest BCUT2D eigenvalue weighted by Gasteiger charge is 2.27. The van der Waals surface area contributed by atoms with Crippen LogP contribution in [-0.4, -0.2) is 59.3 Å². The number of piperazine rings is 1. The first-order valence-corrected chi connectivity index (χ1v) is 14.5. The molecular weight excluding hydrogens is 502 g/mol. The molecule has 0 bridgehead atoms. The zero-order chi connectivity index (χ0) is 25.9. The Labute approximate surface area is 229 Å². The Morgan fingerprint density at radius 3 is 2.22 bits per heavy atom. The van der Waals surface area contributed by atoms with Gasteiger partial charge in [0, 0.05) is 38.8 Å². The van der Waals surface area contributed by atoms with E-state index in [0.29, 0.717) is 10.3 Å². The number of carbonyl (C=O) groups is 1. The fourth-order valence-electron chi connectivity index (χ4n) is 4.67. The summed E-state index contributed by atoms with van der Waals surface area (Å²) in [7, 11) is 0. The summed E-state index contributed by atoms with van der Waals surface area (Å²) in [6.07, 6.45) is 4.56. The summed E-state index contributed by atoms with van der Waals surface area (Å²) in [6, 6.07) is 23.4. The zero-order valence-corrected chi connectivity index (χ0v) is 23.1. The van der Waals surface area contributed by atoms with Gasteiger partial charge in [0.2, 0.25) is 5.91 Å². The minimum atomic E-state index is 0.00750. The van der Waals surface area contributed by atoms with E-state index in [9.17, 15) is 4.79 Å². The summed E-state index contributed by atoms with van der Waals surface area (Å²) < 4.78 is 0. The number of thioether (sulfide) groups is 1.